The Morgan fingerprint density at radius 2 is 1.80 bits per heavy atom. The Hall–Kier alpha value is -2.31. The zero-order valence-corrected chi connectivity index (χ0v) is 18.6. The van der Waals surface area contributed by atoms with Crippen LogP contribution in [0, 0.1) is 5.82 Å². The van der Waals surface area contributed by atoms with E-state index in [1.807, 2.05) is 13.8 Å². The number of carbonyl (C=O) groups is 2. The maximum absolute atomic E-state index is 13.1. The minimum Gasteiger partial charge on any atom is -0.484 e. The standard InChI is InChI=1S/C22H25Cl2FN2O3/c1-4-14(2)26-22(29)15(3)27(12-16-5-6-17(23)11-20(16)24)21(28)13-30-19-9-7-18(25)8-10-19/h5-11,14-15H,4,12-13H2,1-3H3,(H,26,29)/t14-,15+/m1/s1. The molecule has 0 saturated heterocycles. The van der Waals surface area contributed by atoms with Crippen LogP contribution in [0.25, 0.3) is 0 Å². The van der Waals surface area contributed by atoms with Gasteiger partial charge in [0.25, 0.3) is 5.91 Å². The van der Waals surface area contributed by atoms with Crippen molar-refractivity contribution in [2.45, 2.75) is 45.8 Å². The lowest BCUT2D eigenvalue weighted by atomic mass is 10.1. The molecule has 2 aromatic rings. The van der Waals surface area contributed by atoms with E-state index in [4.69, 9.17) is 27.9 Å². The summed E-state index contributed by atoms with van der Waals surface area (Å²) in [6, 6.07) is 9.54. The van der Waals surface area contributed by atoms with Crippen molar-refractivity contribution in [3.8, 4) is 5.75 Å². The predicted molar refractivity (Wildman–Crippen MR) is 116 cm³/mol. The highest BCUT2D eigenvalue weighted by Gasteiger charge is 2.27. The van der Waals surface area contributed by atoms with Gasteiger partial charge in [0, 0.05) is 22.6 Å². The van der Waals surface area contributed by atoms with Crippen molar-refractivity contribution in [3.05, 3.63) is 63.9 Å². The number of amides is 2. The fourth-order valence-electron chi connectivity index (χ4n) is 2.64. The molecule has 2 atom stereocenters. The first-order chi connectivity index (χ1) is 14.2. The van der Waals surface area contributed by atoms with E-state index in [0.717, 1.165) is 6.42 Å². The molecule has 2 amide bonds. The van der Waals surface area contributed by atoms with Gasteiger partial charge >= 0.3 is 0 Å². The van der Waals surface area contributed by atoms with Gasteiger partial charge in [0.1, 0.15) is 17.6 Å². The summed E-state index contributed by atoms with van der Waals surface area (Å²) in [6.45, 7) is 5.30. The Morgan fingerprint density at radius 3 is 2.40 bits per heavy atom. The number of ether oxygens (including phenoxy) is 1. The van der Waals surface area contributed by atoms with Crippen molar-refractivity contribution in [2.75, 3.05) is 6.61 Å². The quantitative estimate of drug-likeness (QED) is 0.589. The number of nitrogens with zero attached hydrogens (tertiary/aromatic N) is 1. The molecule has 0 aromatic heterocycles. The van der Waals surface area contributed by atoms with Gasteiger partial charge in [0.15, 0.2) is 6.61 Å². The van der Waals surface area contributed by atoms with Crippen molar-refractivity contribution >= 4 is 35.0 Å². The fourth-order valence-corrected chi connectivity index (χ4v) is 3.11. The van der Waals surface area contributed by atoms with Gasteiger partial charge in [-0.1, -0.05) is 36.2 Å². The molecule has 0 radical (unpaired) electrons. The first-order valence-corrected chi connectivity index (χ1v) is 10.4. The van der Waals surface area contributed by atoms with Crippen LogP contribution in [0.4, 0.5) is 4.39 Å². The van der Waals surface area contributed by atoms with Crippen molar-refractivity contribution in [2.24, 2.45) is 0 Å². The van der Waals surface area contributed by atoms with Gasteiger partial charge in [0.2, 0.25) is 5.91 Å². The molecule has 0 spiro atoms. The number of rotatable bonds is 9. The lowest BCUT2D eigenvalue weighted by Gasteiger charge is -2.30. The molecule has 0 aliphatic rings. The highest BCUT2D eigenvalue weighted by Crippen LogP contribution is 2.23. The number of nitrogens with one attached hydrogen (secondary N) is 1. The maximum Gasteiger partial charge on any atom is 0.261 e. The third-order valence-electron chi connectivity index (χ3n) is 4.70. The van der Waals surface area contributed by atoms with E-state index < -0.39 is 17.8 Å². The third-order valence-corrected chi connectivity index (χ3v) is 5.29. The number of carbonyl (C=O) groups excluding carboxylic acids is 2. The fraction of sp³-hybridized carbons (Fsp3) is 0.364. The first kappa shape index (κ1) is 24.0. The number of hydrogen-bond donors (Lipinski definition) is 1. The van der Waals surface area contributed by atoms with Gasteiger partial charge in [-0.25, -0.2) is 4.39 Å². The molecule has 0 unspecified atom stereocenters. The highest BCUT2D eigenvalue weighted by atomic mass is 35.5. The van der Waals surface area contributed by atoms with Crippen LogP contribution in [0.1, 0.15) is 32.8 Å². The zero-order valence-electron chi connectivity index (χ0n) is 17.1. The monoisotopic (exact) mass is 454 g/mol. The second-order valence-corrected chi connectivity index (χ2v) is 7.84. The molecule has 8 heteroatoms. The normalized spacial score (nSPS) is 12.7. The molecular weight excluding hydrogens is 430 g/mol. The number of hydrogen-bond acceptors (Lipinski definition) is 3. The Morgan fingerprint density at radius 1 is 1.13 bits per heavy atom. The average Bonchev–Trinajstić information content (AvgIpc) is 2.72. The molecule has 0 heterocycles. The van der Waals surface area contributed by atoms with E-state index in [-0.39, 0.29) is 25.1 Å². The van der Waals surface area contributed by atoms with Crippen molar-refractivity contribution in [3.63, 3.8) is 0 Å². The highest BCUT2D eigenvalue weighted by molar-refractivity contribution is 6.35. The van der Waals surface area contributed by atoms with Gasteiger partial charge in [-0.2, -0.15) is 0 Å². The van der Waals surface area contributed by atoms with Crippen LogP contribution in [-0.2, 0) is 16.1 Å². The molecular formula is C22H25Cl2FN2O3. The molecule has 5 nitrogen and oxygen atoms in total. The lowest BCUT2D eigenvalue weighted by Crippen LogP contribution is -2.50. The van der Waals surface area contributed by atoms with E-state index in [0.29, 0.717) is 21.4 Å². The molecule has 30 heavy (non-hydrogen) atoms. The van der Waals surface area contributed by atoms with Crippen LogP contribution in [0.3, 0.4) is 0 Å². The summed E-state index contributed by atoms with van der Waals surface area (Å²) in [6.07, 6.45) is 0.767. The van der Waals surface area contributed by atoms with E-state index in [2.05, 4.69) is 5.32 Å². The van der Waals surface area contributed by atoms with Gasteiger partial charge in [-0.3, -0.25) is 9.59 Å². The molecule has 2 aromatic carbocycles. The molecule has 0 saturated carbocycles. The Bertz CT molecular complexity index is 877. The van der Waals surface area contributed by atoms with Crippen molar-refractivity contribution < 1.29 is 18.7 Å². The van der Waals surface area contributed by atoms with Crippen molar-refractivity contribution in [1.29, 1.82) is 0 Å². The van der Waals surface area contributed by atoms with Crippen LogP contribution in [0.2, 0.25) is 10.0 Å². The van der Waals surface area contributed by atoms with Crippen LogP contribution in [0.15, 0.2) is 42.5 Å². The summed E-state index contributed by atoms with van der Waals surface area (Å²) in [5.41, 5.74) is 0.652. The van der Waals surface area contributed by atoms with E-state index >= 15 is 0 Å². The largest absolute Gasteiger partial charge is 0.484 e. The van der Waals surface area contributed by atoms with E-state index in [9.17, 15) is 14.0 Å². The maximum atomic E-state index is 13.1. The van der Waals surface area contributed by atoms with Crippen LogP contribution >= 0.6 is 23.2 Å². The third kappa shape index (κ3) is 6.89. The van der Waals surface area contributed by atoms with Crippen LogP contribution in [-0.4, -0.2) is 35.4 Å². The Balaban J connectivity index is 2.18. The minimum absolute atomic E-state index is 0.0218. The van der Waals surface area contributed by atoms with Gasteiger partial charge in [-0.15, -0.1) is 0 Å². The summed E-state index contributed by atoms with van der Waals surface area (Å²) in [7, 11) is 0. The molecule has 0 aliphatic carbocycles. The van der Waals surface area contributed by atoms with Gasteiger partial charge in [0.05, 0.1) is 0 Å². The Labute approximate surface area is 186 Å². The summed E-state index contributed by atoms with van der Waals surface area (Å²) in [5, 5.41) is 3.76. The number of halogens is 3. The first-order valence-electron chi connectivity index (χ1n) is 9.63. The average molecular weight is 455 g/mol. The van der Waals surface area contributed by atoms with Crippen LogP contribution < -0.4 is 10.1 Å². The molecule has 1 N–H and O–H groups in total. The SMILES string of the molecule is CC[C@@H](C)NC(=O)[C@H](C)N(Cc1ccc(Cl)cc1Cl)C(=O)COc1ccc(F)cc1. The second kappa shape index (κ2) is 11.2. The zero-order chi connectivity index (χ0) is 22.3. The van der Waals surface area contributed by atoms with Gasteiger partial charge < -0.3 is 15.0 Å². The smallest absolute Gasteiger partial charge is 0.261 e. The summed E-state index contributed by atoms with van der Waals surface area (Å²) >= 11 is 12.2. The topological polar surface area (TPSA) is 58.6 Å². The lowest BCUT2D eigenvalue weighted by molar-refractivity contribution is -0.142. The molecule has 0 fully saturated rings. The number of benzene rings is 2. The summed E-state index contributed by atoms with van der Waals surface area (Å²) < 4.78 is 18.5. The second-order valence-electron chi connectivity index (χ2n) is 6.99. The molecule has 0 aliphatic heterocycles. The Kier molecular flexibility index (Phi) is 8.93. The summed E-state index contributed by atoms with van der Waals surface area (Å²) in [5.74, 6) is -0.726. The molecule has 0 bridgehead atoms. The van der Waals surface area contributed by atoms with Crippen molar-refractivity contribution in [1.82, 2.24) is 10.2 Å². The molecule has 162 valence electrons. The molecule has 2 rings (SSSR count). The van der Waals surface area contributed by atoms with Gasteiger partial charge in [-0.05, 0) is 62.2 Å². The van der Waals surface area contributed by atoms with E-state index in [1.165, 1.54) is 29.2 Å². The van der Waals surface area contributed by atoms with Crippen LogP contribution in [0.5, 0.6) is 5.75 Å². The predicted octanol–water partition coefficient (Wildman–Crippen LogP) is 4.84. The summed E-state index contributed by atoms with van der Waals surface area (Å²) in [4.78, 5) is 27.0. The van der Waals surface area contributed by atoms with E-state index in [1.54, 1.807) is 25.1 Å². The minimum atomic E-state index is -0.755.